The molecule has 0 spiro atoms. The summed E-state index contributed by atoms with van der Waals surface area (Å²) in [7, 11) is 3.65. The fourth-order valence-electron chi connectivity index (χ4n) is 0.734. The summed E-state index contributed by atoms with van der Waals surface area (Å²) in [4.78, 5) is 19.7. The van der Waals surface area contributed by atoms with Gasteiger partial charge in [-0.2, -0.15) is 0 Å². The molecule has 0 bridgehead atoms. The molecular weight excluding hydrogens is 222 g/mol. The van der Waals surface area contributed by atoms with Gasteiger partial charge in [0.15, 0.2) is 0 Å². The van der Waals surface area contributed by atoms with E-state index < -0.39 is 0 Å². The summed E-state index contributed by atoms with van der Waals surface area (Å²) in [5, 5.41) is 0.531. The van der Waals surface area contributed by atoms with E-state index in [-0.39, 0.29) is 5.56 Å². The molecule has 0 aromatic carbocycles. The largest absolute Gasteiger partial charge is 0.348 e. The number of H-pyrrole nitrogens is 1. The van der Waals surface area contributed by atoms with Crippen LogP contribution in [0.15, 0.2) is 11.0 Å². The van der Waals surface area contributed by atoms with Gasteiger partial charge in [-0.05, 0) is 0 Å². The first-order chi connectivity index (χ1) is 5.65. The van der Waals surface area contributed by atoms with Crippen molar-refractivity contribution in [3.05, 3.63) is 22.1 Å². The van der Waals surface area contributed by atoms with Gasteiger partial charge in [0, 0.05) is 31.2 Å². The molecule has 1 heterocycles. The van der Waals surface area contributed by atoms with Gasteiger partial charge in [-0.15, -0.1) is 0 Å². The van der Waals surface area contributed by atoms with Crippen LogP contribution in [0.25, 0.3) is 0 Å². The van der Waals surface area contributed by atoms with E-state index in [0.717, 1.165) is 0 Å². The van der Waals surface area contributed by atoms with Crippen molar-refractivity contribution < 1.29 is 0 Å². The van der Waals surface area contributed by atoms with Crippen LogP contribution in [0.2, 0.25) is 0 Å². The molecule has 0 aliphatic heterocycles. The second-order valence-corrected chi connectivity index (χ2v) is 3.15. The predicted molar refractivity (Wildman–Crippen MR) is 51.8 cm³/mol. The number of alkyl halides is 1. The summed E-state index contributed by atoms with van der Waals surface area (Å²) in [6.45, 7) is 0. The highest BCUT2D eigenvalue weighted by Crippen LogP contribution is 2.01. The Bertz CT molecular complexity index is 321. The van der Waals surface area contributed by atoms with Gasteiger partial charge in [0.25, 0.3) is 5.56 Å². The third-order valence-electron chi connectivity index (χ3n) is 1.43. The molecular formula is C7H10BrN3O. The maximum atomic E-state index is 11.2. The van der Waals surface area contributed by atoms with Gasteiger partial charge in [0.2, 0.25) is 5.95 Å². The van der Waals surface area contributed by atoms with Crippen molar-refractivity contribution in [2.75, 3.05) is 19.0 Å². The van der Waals surface area contributed by atoms with Gasteiger partial charge in [-0.3, -0.25) is 9.78 Å². The van der Waals surface area contributed by atoms with Gasteiger partial charge in [0.1, 0.15) is 0 Å². The summed E-state index contributed by atoms with van der Waals surface area (Å²) >= 11 is 3.20. The zero-order valence-corrected chi connectivity index (χ0v) is 8.55. The molecule has 0 unspecified atom stereocenters. The first-order valence-corrected chi connectivity index (χ1v) is 4.58. The lowest BCUT2D eigenvalue weighted by atomic mass is 10.4. The van der Waals surface area contributed by atoms with Crippen molar-refractivity contribution in [3.8, 4) is 0 Å². The molecule has 0 aliphatic rings. The molecule has 5 heteroatoms. The van der Waals surface area contributed by atoms with Crippen molar-refractivity contribution in [3.63, 3.8) is 0 Å². The van der Waals surface area contributed by atoms with Gasteiger partial charge in [-0.1, -0.05) is 15.9 Å². The summed E-state index contributed by atoms with van der Waals surface area (Å²) in [5.41, 5.74) is 0.547. The van der Waals surface area contributed by atoms with E-state index in [0.29, 0.717) is 16.8 Å². The molecule has 1 aromatic rings. The minimum atomic E-state index is -0.0921. The smallest absolute Gasteiger partial charge is 0.256 e. The van der Waals surface area contributed by atoms with E-state index in [4.69, 9.17) is 0 Å². The van der Waals surface area contributed by atoms with Crippen molar-refractivity contribution in [2.45, 2.75) is 5.33 Å². The van der Waals surface area contributed by atoms with Gasteiger partial charge >= 0.3 is 0 Å². The number of hydrogen-bond donors (Lipinski definition) is 1. The molecule has 1 N–H and O–H groups in total. The molecule has 0 atom stereocenters. The number of nitrogens with one attached hydrogen (secondary N) is 1. The lowest BCUT2D eigenvalue weighted by Crippen LogP contribution is -2.20. The van der Waals surface area contributed by atoms with E-state index in [1.807, 2.05) is 14.1 Å². The normalized spacial score (nSPS) is 9.92. The van der Waals surface area contributed by atoms with Crippen LogP contribution in [0.3, 0.4) is 0 Å². The number of nitrogens with zero attached hydrogens (tertiary/aromatic N) is 2. The summed E-state index contributed by atoms with van der Waals surface area (Å²) in [6, 6.07) is 0. The SMILES string of the molecule is CN(C)c1ncc(CBr)c(=O)[nH]1. The number of halogens is 1. The summed E-state index contributed by atoms with van der Waals surface area (Å²) in [6.07, 6.45) is 1.57. The van der Waals surface area contributed by atoms with Crippen LogP contribution in [-0.2, 0) is 5.33 Å². The molecule has 1 rings (SSSR count). The Morgan fingerprint density at radius 3 is 2.75 bits per heavy atom. The van der Waals surface area contributed by atoms with Crippen molar-refractivity contribution in [1.29, 1.82) is 0 Å². The standard InChI is InChI=1S/C7H10BrN3O/c1-11(2)7-9-4-5(3-8)6(12)10-7/h4H,3H2,1-2H3,(H,9,10,12). The lowest BCUT2D eigenvalue weighted by molar-refractivity contribution is 0.965. The average Bonchev–Trinajstić information content (AvgIpc) is 2.04. The molecule has 1 aromatic heterocycles. The van der Waals surface area contributed by atoms with Crippen LogP contribution in [0.1, 0.15) is 5.56 Å². The number of rotatable bonds is 2. The van der Waals surface area contributed by atoms with E-state index in [1.165, 1.54) is 0 Å². The van der Waals surface area contributed by atoms with Crippen LogP contribution in [0.5, 0.6) is 0 Å². The second-order valence-electron chi connectivity index (χ2n) is 2.59. The quantitative estimate of drug-likeness (QED) is 0.764. The van der Waals surface area contributed by atoms with E-state index in [9.17, 15) is 4.79 Å². The Morgan fingerprint density at radius 2 is 2.33 bits per heavy atom. The van der Waals surface area contributed by atoms with Crippen LogP contribution >= 0.6 is 15.9 Å². The number of aromatic amines is 1. The molecule has 66 valence electrons. The number of anilines is 1. The number of aromatic nitrogens is 2. The molecule has 0 radical (unpaired) electrons. The Hall–Kier alpha value is -0.840. The zero-order valence-electron chi connectivity index (χ0n) is 6.97. The summed E-state index contributed by atoms with van der Waals surface area (Å²) in [5.74, 6) is 0.574. The molecule has 4 nitrogen and oxygen atoms in total. The van der Waals surface area contributed by atoms with Gasteiger partial charge < -0.3 is 4.90 Å². The molecule has 0 fully saturated rings. The minimum Gasteiger partial charge on any atom is -0.348 e. The zero-order chi connectivity index (χ0) is 9.14. The van der Waals surface area contributed by atoms with E-state index in [2.05, 4.69) is 25.9 Å². The molecule has 0 aliphatic carbocycles. The van der Waals surface area contributed by atoms with Gasteiger partial charge in [0.05, 0.1) is 0 Å². The molecule has 12 heavy (non-hydrogen) atoms. The molecule has 0 saturated heterocycles. The highest BCUT2D eigenvalue weighted by molar-refractivity contribution is 9.08. The lowest BCUT2D eigenvalue weighted by Gasteiger charge is -2.09. The van der Waals surface area contributed by atoms with Crippen LogP contribution < -0.4 is 10.5 Å². The van der Waals surface area contributed by atoms with Gasteiger partial charge in [-0.25, -0.2) is 4.98 Å². The Labute approximate surface area is 78.8 Å². The molecule has 0 saturated carbocycles. The maximum Gasteiger partial charge on any atom is 0.256 e. The highest BCUT2D eigenvalue weighted by Gasteiger charge is 2.01. The Balaban J connectivity index is 3.11. The third kappa shape index (κ3) is 1.85. The van der Waals surface area contributed by atoms with E-state index in [1.54, 1.807) is 11.1 Å². The molecule has 0 amide bonds. The monoisotopic (exact) mass is 231 g/mol. The first kappa shape index (κ1) is 9.25. The Kier molecular flexibility index (Phi) is 2.86. The van der Waals surface area contributed by atoms with Crippen molar-refractivity contribution in [2.24, 2.45) is 0 Å². The van der Waals surface area contributed by atoms with Crippen LogP contribution in [0.4, 0.5) is 5.95 Å². The van der Waals surface area contributed by atoms with E-state index >= 15 is 0 Å². The van der Waals surface area contributed by atoms with Crippen molar-refractivity contribution >= 4 is 21.9 Å². The highest BCUT2D eigenvalue weighted by atomic mass is 79.9. The minimum absolute atomic E-state index is 0.0921. The van der Waals surface area contributed by atoms with Crippen LogP contribution in [0, 0.1) is 0 Å². The average molecular weight is 232 g/mol. The second kappa shape index (κ2) is 3.71. The fourth-order valence-corrected chi connectivity index (χ4v) is 1.13. The number of hydrogen-bond acceptors (Lipinski definition) is 3. The maximum absolute atomic E-state index is 11.2. The topological polar surface area (TPSA) is 49.0 Å². The Morgan fingerprint density at radius 1 is 1.67 bits per heavy atom. The van der Waals surface area contributed by atoms with Crippen molar-refractivity contribution in [1.82, 2.24) is 9.97 Å². The van der Waals surface area contributed by atoms with Crippen LogP contribution in [-0.4, -0.2) is 24.1 Å². The first-order valence-electron chi connectivity index (χ1n) is 3.46. The fraction of sp³-hybridized carbons (Fsp3) is 0.429. The predicted octanol–water partition coefficient (Wildman–Crippen LogP) is 0.731. The summed E-state index contributed by atoms with van der Waals surface area (Å²) < 4.78 is 0. The third-order valence-corrected chi connectivity index (χ3v) is 2.03.